The molecule has 0 bridgehead atoms. The number of nitrogen functional groups attached to an aromatic ring is 1. The minimum absolute atomic E-state index is 0.299. The Labute approximate surface area is 120 Å². The molecule has 1 aliphatic carbocycles. The largest absolute Gasteiger partial charge is 0.396 e. The number of anilines is 1. The van der Waals surface area contributed by atoms with Crippen molar-refractivity contribution in [3.63, 3.8) is 0 Å². The van der Waals surface area contributed by atoms with Gasteiger partial charge in [0.1, 0.15) is 5.82 Å². The topological polar surface area (TPSA) is 32.5 Å². The van der Waals surface area contributed by atoms with Crippen molar-refractivity contribution in [1.82, 2.24) is 9.80 Å². The van der Waals surface area contributed by atoms with Gasteiger partial charge in [-0.3, -0.25) is 9.80 Å². The fraction of sp³-hybridized carbons (Fsp3) is 0.625. The van der Waals surface area contributed by atoms with Gasteiger partial charge in [0.2, 0.25) is 0 Å². The summed E-state index contributed by atoms with van der Waals surface area (Å²) in [7, 11) is 0. The van der Waals surface area contributed by atoms with Crippen molar-refractivity contribution in [3.8, 4) is 0 Å². The van der Waals surface area contributed by atoms with Gasteiger partial charge in [0.25, 0.3) is 0 Å². The van der Waals surface area contributed by atoms with E-state index in [9.17, 15) is 4.39 Å². The van der Waals surface area contributed by atoms with Crippen molar-refractivity contribution in [1.29, 1.82) is 0 Å². The van der Waals surface area contributed by atoms with Crippen LogP contribution in [0, 0.1) is 5.82 Å². The minimum Gasteiger partial charge on any atom is -0.396 e. The molecule has 2 fully saturated rings. The molecule has 0 amide bonds. The smallest absolute Gasteiger partial charge is 0.146 e. The molecular formula is C16H24FN3. The molecule has 0 radical (unpaired) electrons. The fourth-order valence-electron chi connectivity index (χ4n) is 3.52. The molecular weight excluding hydrogens is 253 g/mol. The maximum Gasteiger partial charge on any atom is 0.146 e. The number of hydrogen-bond donors (Lipinski definition) is 1. The molecule has 1 saturated heterocycles. The van der Waals surface area contributed by atoms with E-state index in [4.69, 9.17) is 5.73 Å². The summed E-state index contributed by atoms with van der Waals surface area (Å²) in [4.78, 5) is 5.02. The summed E-state index contributed by atoms with van der Waals surface area (Å²) in [5, 5.41) is 0. The zero-order valence-electron chi connectivity index (χ0n) is 12.0. The second-order valence-corrected chi connectivity index (χ2v) is 6.06. The van der Waals surface area contributed by atoms with Crippen LogP contribution in [0.3, 0.4) is 0 Å². The molecule has 2 aliphatic rings. The Hall–Kier alpha value is -1.13. The number of hydrogen-bond acceptors (Lipinski definition) is 3. The zero-order chi connectivity index (χ0) is 13.9. The van der Waals surface area contributed by atoms with Crippen molar-refractivity contribution >= 4 is 5.69 Å². The first-order valence-electron chi connectivity index (χ1n) is 7.73. The summed E-state index contributed by atoms with van der Waals surface area (Å²) < 4.78 is 13.4. The van der Waals surface area contributed by atoms with Gasteiger partial charge < -0.3 is 5.73 Å². The first-order chi connectivity index (χ1) is 9.74. The highest BCUT2D eigenvalue weighted by Crippen LogP contribution is 2.25. The second kappa shape index (κ2) is 6.10. The highest BCUT2D eigenvalue weighted by molar-refractivity contribution is 5.47. The number of rotatable bonds is 3. The predicted molar refractivity (Wildman–Crippen MR) is 79.9 cm³/mol. The van der Waals surface area contributed by atoms with Gasteiger partial charge in [-0.05, 0) is 24.5 Å². The van der Waals surface area contributed by atoms with Crippen LogP contribution in [0.2, 0.25) is 0 Å². The van der Waals surface area contributed by atoms with Crippen molar-refractivity contribution in [2.75, 3.05) is 31.9 Å². The van der Waals surface area contributed by atoms with Crippen molar-refractivity contribution in [3.05, 3.63) is 29.6 Å². The monoisotopic (exact) mass is 277 g/mol. The lowest BCUT2D eigenvalue weighted by atomic mass is 10.1. The van der Waals surface area contributed by atoms with E-state index in [1.165, 1.54) is 31.7 Å². The van der Waals surface area contributed by atoms with Crippen LogP contribution in [-0.4, -0.2) is 42.0 Å². The normalized spacial score (nSPS) is 22.4. The Morgan fingerprint density at radius 1 is 1.10 bits per heavy atom. The van der Waals surface area contributed by atoms with E-state index in [0.29, 0.717) is 5.69 Å². The quantitative estimate of drug-likeness (QED) is 0.862. The molecule has 20 heavy (non-hydrogen) atoms. The molecule has 1 aromatic rings. The number of benzene rings is 1. The van der Waals surface area contributed by atoms with Gasteiger partial charge in [-0.1, -0.05) is 25.0 Å². The lowest BCUT2D eigenvalue weighted by Crippen LogP contribution is -2.49. The van der Waals surface area contributed by atoms with Gasteiger partial charge in [-0.15, -0.1) is 0 Å². The van der Waals surface area contributed by atoms with Crippen molar-refractivity contribution in [2.24, 2.45) is 0 Å². The Balaban J connectivity index is 1.54. The summed E-state index contributed by atoms with van der Waals surface area (Å²) in [6, 6.07) is 5.92. The SMILES string of the molecule is Nc1c(F)cccc1CN1CCN(C2CCCC2)CC1. The van der Waals surface area contributed by atoms with Gasteiger partial charge >= 0.3 is 0 Å². The van der Waals surface area contributed by atoms with Gasteiger partial charge in [0.05, 0.1) is 5.69 Å². The predicted octanol–water partition coefficient (Wildman–Crippen LogP) is 2.47. The highest BCUT2D eigenvalue weighted by atomic mass is 19.1. The van der Waals surface area contributed by atoms with E-state index in [1.807, 2.05) is 6.07 Å². The van der Waals surface area contributed by atoms with Crippen LogP contribution in [0.25, 0.3) is 0 Å². The summed E-state index contributed by atoms with van der Waals surface area (Å²) in [6.07, 6.45) is 5.53. The van der Waals surface area contributed by atoms with E-state index < -0.39 is 0 Å². The number of halogens is 1. The van der Waals surface area contributed by atoms with Crippen LogP contribution in [-0.2, 0) is 6.54 Å². The number of piperazine rings is 1. The Bertz CT molecular complexity index is 449. The highest BCUT2D eigenvalue weighted by Gasteiger charge is 2.26. The van der Waals surface area contributed by atoms with Crippen molar-refractivity contribution < 1.29 is 4.39 Å². The maximum absolute atomic E-state index is 13.4. The number of nitrogens with zero attached hydrogens (tertiary/aromatic N) is 2. The summed E-state index contributed by atoms with van der Waals surface area (Å²) in [6.45, 7) is 5.17. The first kappa shape index (κ1) is 13.8. The second-order valence-electron chi connectivity index (χ2n) is 6.06. The Morgan fingerprint density at radius 2 is 1.80 bits per heavy atom. The van der Waals surface area contributed by atoms with E-state index in [2.05, 4.69) is 9.80 Å². The van der Waals surface area contributed by atoms with Crippen LogP contribution in [0.5, 0.6) is 0 Å². The molecule has 0 aromatic heterocycles. The van der Waals surface area contributed by atoms with Gasteiger partial charge in [-0.2, -0.15) is 0 Å². The molecule has 1 aromatic carbocycles. The average molecular weight is 277 g/mol. The third-order valence-corrected chi connectivity index (χ3v) is 4.79. The Kier molecular flexibility index (Phi) is 4.22. The average Bonchev–Trinajstić information content (AvgIpc) is 2.99. The van der Waals surface area contributed by atoms with Gasteiger partial charge in [0, 0.05) is 38.8 Å². The van der Waals surface area contributed by atoms with Gasteiger partial charge in [0.15, 0.2) is 0 Å². The summed E-state index contributed by atoms with van der Waals surface area (Å²) in [5.41, 5.74) is 7.04. The molecule has 1 saturated carbocycles. The molecule has 1 aliphatic heterocycles. The minimum atomic E-state index is -0.299. The molecule has 3 nitrogen and oxygen atoms in total. The van der Waals surface area contributed by atoms with Crippen molar-refractivity contribution in [2.45, 2.75) is 38.3 Å². The molecule has 0 unspecified atom stereocenters. The Morgan fingerprint density at radius 3 is 2.50 bits per heavy atom. The van der Waals surface area contributed by atoms with Crippen LogP contribution in [0.4, 0.5) is 10.1 Å². The number of nitrogens with two attached hydrogens (primary N) is 1. The van der Waals surface area contributed by atoms with Crippen LogP contribution >= 0.6 is 0 Å². The van der Waals surface area contributed by atoms with E-state index in [-0.39, 0.29) is 5.82 Å². The molecule has 4 heteroatoms. The zero-order valence-corrected chi connectivity index (χ0v) is 12.0. The molecule has 2 N–H and O–H groups in total. The molecule has 0 spiro atoms. The maximum atomic E-state index is 13.4. The summed E-state index contributed by atoms with van der Waals surface area (Å²) in [5.74, 6) is -0.299. The molecule has 110 valence electrons. The molecule has 0 atom stereocenters. The first-order valence-corrected chi connectivity index (χ1v) is 7.73. The third kappa shape index (κ3) is 2.96. The fourth-order valence-corrected chi connectivity index (χ4v) is 3.52. The standard InChI is InChI=1S/C16H24FN3/c17-15-7-3-4-13(16(15)18)12-19-8-10-20(11-9-19)14-5-1-2-6-14/h3-4,7,14H,1-2,5-6,8-12,18H2. The van der Waals surface area contributed by atoms with Crippen LogP contribution in [0.1, 0.15) is 31.2 Å². The molecule has 1 heterocycles. The van der Waals surface area contributed by atoms with E-state index in [0.717, 1.165) is 44.3 Å². The van der Waals surface area contributed by atoms with E-state index >= 15 is 0 Å². The number of para-hydroxylation sites is 1. The third-order valence-electron chi connectivity index (χ3n) is 4.79. The summed E-state index contributed by atoms with van der Waals surface area (Å²) >= 11 is 0. The lowest BCUT2D eigenvalue weighted by Gasteiger charge is -2.38. The van der Waals surface area contributed by atoms with E-state index in [1.54, 1.807) is 6.07 Å². The van der Waals surface area contributed by atoms with Gasteiger partial charge in [-0.25, -0.2) is 4.39 Å². The van der Waals surface area contributed by atoms with Crippen LogP contribution in [0.15, 0.2) is 18.2 Å². The van der Waals surface area contributed by atoms with Crippen LogP contribution < -0.4 is 5.73 Å². The lowest BCUT2D eigenvalue weighted by molar-refractivity contribution is 0.0938. The molecule has 3 rings (SSSR count).